The third-order valence-corrected chi connectivity index (χ3v) is 4.26. The monoisotopic (exact) mass is 323 g/mol. The molecule has 1 saturated carbocycles. The summed E-state index contributed by atoms with van der Waals surface area (Å²) in [6, 6.07) is 12.2. The van der Waals surface area contributed by atoms with Crippen LogP contribution in [0.3, 0.4) is 0 Å². The number of rotatable bonds is 6. The molecule has 0 unspecified atom stereocenters. The van der Waals surface area contributed by atoms with Crippen molar-refractivity contribution < 1.29 is 4.74 Å². The molecule has 3 aromatic rings. The highest BCUT2D eigenvalue weighted by Crippen LogP contribution is 2.38. The van der Waals surface area contributed by atoms with Crippen LogP contribution < -0.4 is 9.64 Å². The van der Waals surface area contributed by atoms with E-state index in [1.54, 1.807) is 0 Å². The van der Waals surface area contributed by atoms with Gasteiger partial charge in [-0.1, -0.05) is 12.1 Å². The normalized spacial score (nSPS) is 14.1. The molecule has 2 heterocycles. The summed E-state index contributed by atoms with van der Waals surface area (Å²) in [5.74, 6) is 3.33. The molecule has 0 atom stereocenters. The highest BCUT2D eigenvalue weighted by molar-refractivity contribution is 5.46. The molecule has 0 saturated heterocycles. The molecule has 0 spiro atoms. The van der Waals surface area contributed by atoms with Crippen LogP contribution in [-0.2, 0) is 6.54 Å². The molecule has 24 heavy (non-hydrogen) atoms. The van der Waals surface area contributed by atoms with E-state index in [0.29, 0.717) is 12.5 Å². The number of ether oxygens (including phenoxy) is 1. The number of benzene rings is 1. The number of hydrogen-bond donors (Lipinski definition) is 0. The minimum atomic E-state index is 0.527. The fraction of sp³-hybridized carbons (Fsp3) is 0.389. The zero-order chi connectivity index (χ0) is 16.5. The van der Waals surface area contributed by atoms with E-state index in [2.05, 4.69) is 27.2 Å². The Morgan fingerprint density at radius 3 is 2.62 bits per heavy atom. The smallest absolute Gasteiger partial charge is 0.178 e. The number of anilines is 1. The minimum Gasteiger partial charge on any atom is -0.494 e. The Kier molecular flexibility index (Phi) is 3.80. The lowest BCUT2D eigenvalue weighted by atomic mass is 10.2. The second-order valence-electron chi connectivity index (χ2n) is 6.23. The van der Waals surface area contributed by atoms with Crippen molar-refractivity contribution in [2.45, 2.75) is 32.2 Å². The van der Waals surface area contributed by atoms with E-state index < -0.39 is 0 Å². The van der Waals surface area contributed by atoms with Crippen molar-refractivity contribution >= 4 is 11.5 Å². The van der Waals surface area contributed by atoms with Crippen molar-refractivity contribution in [2.24, 2.45) is 0 Å². The molecule has 0 amide bonds. The van der Waals surface area contributed by atoms with Gasteiger partial charge in [0.15, 0.2) is 11.5 Å². The van der Waals surface area contributed by atoms with Crippen LogP contribution in [0.1, 0.15) is 37.1 Å². The van der Waals surface area contributed by atoms with Crippen molar-refractivity contribution in [1.82, 2.24) is 19.8 Å². The predicted molar refractivity (Wildman–Crippen MR) is 92.5 cm³/mol. The standard InChI is InChI=1S/C18H21N5O/c1-3-24-15-8-4-13(5-9-15)12-22(2)17-11-10-16-19-20-18(14-6-7-14)23(16)21-17/h4-5,8-11,14H,3,6-7,12H2,1-2H3. The largest absolute Gasteiger partial charge is 0.494 e. The van der Waals surface area contributed by atoms with Crippen molar-refractivity contribution in [2.75, 3.05) is 18.6 Å². The van der Waals surface area contributed by atoms with E-state index in [0.717, 1.165) is 29.6 Å². The number of fused-ring (bicyclic) bond motifs is 1. The van der Waals surface area contributed by atoms with E-state index in [1.165, 1.54) is 18.4 Å². The Morgan fingerprint density at radius 1 is 1.12 bits per heavy atom. The van der Waals surface area contributed by atoms with Gasteiger partial charge in [0.05, 0.1) is 6.61 Å². The van der Waals surface area contributed by atoms with Crippen LogP contribution in [0.4, 0.5) is 5.82 Å². The fourth-order valence-electron chi connectivity index (χ4n) is 2.81. The molecule has 0 aliphatic heterocycles. The molecular formula is C18H21N5O. The van der Waals surface area contributed by atoms with Crippen LogP contribution in [0.25, 0.3) is 5.65 Å². The third-order valence-electron chi connectivity index (χ3n) is 4.26. The van der Waals surface area contributed by atoms with Crippen LogP contribution >= 0.6 is 0 Å². The zero-order valence-corrected chi connectivity index (χ0v) is 14.0. The molecule has 0 radical (unpaired) electrons. The second kappa shape index (κ2) is 6.11. The molecule has 124 valence electrons. The molecule has 0 bridgehead atoms. The minimum absolute atomic E-state index is 0.527. The van der Waals surface area contributed by atoms with Gasteiger partial charge in [0.2, 0.25) is 0 Å². The first-order chi connectivity index (χ1) is 11.7. The van der Waals surface area contributed by atoms with Crippen LogP contribution in [0.15, 0.2) is 36.4 Å². The maximum atomic E-state index is 5.49. The Labute approximate surface area is 141 Å². The van der Waals surface area contributed by atoms with Crippen molar-refractivity contribution in [3.8, 4) is 5.75 Å². The maximum absolute atomic E-state index is 5.49. The van der Waals surface area contributed by atoms with Crippen LogP contribution in [0.2, 0.25) is 0 Å². The summed E-state index contributed by atoms with van der Waals surface area (Å²) in [5.41, 5.74) is 2.03. The second-order valence-corrected chi connectivity index (χ2v) is 6.23. The summed E-state index contributed by atoms with van der Waals surface area (Å²) < 4.78 is 7.38. The highest BCUT2D eigenvalue weighted by atomic mass is 16.5. The molecule has 1 aliphatic rings. The lowest BCUT2D eigenvalue weighted by Crippen LogP contribution is -2.19. The Hall–Kier alpha value is -2.63. The van der Waals surface area contributed by atoms with Gasteiger partial charge in [0, 0.05) is 19.5 Å². The third kappa shape index (κ3) is 2.91. The molecule has 6 nitrogen and oxygen atoms in total. The van der Waals surface area contributed by atoms with Crippen LogP contribution in [0.5, 0.6) is 5.75 Å². The van der Waals surface area contributed by atoms with Gasteiger partial charge in [-0.15, -0.1) is 15.3 Å². The molecule has 2 aromatic heterocycles. The number of nitrogens with zero attached hydrogens (tertiary/aromatic N) is 5. The lowest BCUT2D eigenvalue weighted by Gasteiger charge is -2.18. The highest BCUT2D eigenvalue weighted by Gasteiger charge is 2.29. The van der Waals surface area contributed by atoms with E-state index in [9.17, 15) is 0 Å². The van der Waals surface area contributed by atoms with Gasteiger partial charge >= 0.3 is 0 Å². The Morgan fingerprint density at radius 2 is 1.92 bits per heavy atom. The maximum Gasteiger partial charge on any atom is 0.178 e. The summed E-state index contributed by atoms with van der Waals surface area (Å²) in [6.45, 7) is 3.46. The topological polar surface area (TPSA) is 55.5 Å². The summed E-state index contributed by atoms with van der Waals surface area (Å²) in [5, 5.41) is 13.2. The van der Waals surface area contributed by atoms with Crippen molar-refractivity contribution in [3.05, 3.63) is 47.8 Å². The first-order valence-corrected chi connectivity index (χ1v) is 8.40. The first-order valence-electron chi connectivity index (χ1n) is 8.40. The van der Waals surface area contributed by atoms with E-state index >= 15 is 0 Å². The van der Waals surface area contributed by atoms with E-state index in [1.807, 2.05) is 42.8 Å². The summed E-state index contributed by atoms with van der Waals surface area (Å²) in [4.78, 5) is 2.13. The molecule has 1 aliphatic carbocycles. The van der Waals surface area contributed by atoms with Crippen LogP contribution in [-0.4, -0.2) is 33.5 Å². The van der Waals surface area contributed by atoms with Gasteiger partial charge in [-0.3, -0.25) is 0 Å². The van der Waals surface area contributed by atoms with Crippen molar-refractivity contribution in [3.63, 3.8) is 0 Å². The number of aromatic nitrogens is 4. The predicted octanol–water partition coefficient (Wildman–Crippen LogP) is 3.04. The van der Waals surface area contributed by atoms with Gasteiger partial charge in [0.1, 0.15) is 11.6 Å². The van der Waals surface area contributed by atoms with Gasteiger partial charge in [0.25, 0.3) is 0 Å². The van der Waals surface area contributed by atoms with Gasteiger partial charge in [-0.2, -0.15) is 4.52 Å². The molecule has 4 rings (SSSR count). The molecule has 1 aromatic carbocycles. The SMILES string of the molecule is CCOc1ccc(CN(C)c2ccc3nnc(C4CC4)n3n2)cc1. The molecule has 1 fully saturated rings. The fourth-order valence-corrected chi connectivity index (χ4v) is 2.81. The summed E-state index contributed by atoms with van der Waals surface area (Å²) in [6.07, 6.45) is 2.38. The lowest BCUT2D eigenvalue weighted by molar-refractivity contribution is 0.340. The quantitative estimate of drug-likeness (QED) is 0.698. The van der Waals surface area contributed by atoms with Crippen LogP contribution in [0, 0.1) is 0 Å². The number of hydrogen-bond acceptors (Lipinski definition) is 5. The zero-order valence-electron chi connectivity index (χ0n) is 14.0. The van der Waals surface area contributed by atoms with Gasteiger partial charge < -0.3 is 9.64 Å². The van der Waals surface area contributed by atoms with E-state index in [4.69, 9.17) is 9.84 Å². The summed E-state index contributed by atoms with van der Waals surface area (Å²) in [7, 11) is 2.05. The summed E-state index contributed by atoms with van der Waals surface area (Å²) >= 11 is 0. The van der Waals surface area contributed by atoms with E-state index in [-0.39, 0.29) is 0 Å². The van der Waals surface area contributed by atoms with Gasteiger partial charge in [-0.25, -0.2) is 0 Å². The molecule has 6 heteroatoms. The van der Waals surface area contributed by atoms with Gasteiger partial charge in [-0.05, 0) is 49.6 Å². The molecular weight excluding hydrogens is 302 g/mol. The Bertz CT molecular complexity index is 838. The molecule has 0 N–H and O–H groups in total. The average molecular weight is 323 g/mol. The first kappa shape index (κ1) is 14.9. The average Bonchev–Trinajstić information content (AvgIpc) is 3.35. The Balaban J connectivity index is 1.54. The van der Waals surface area contributed by atoms with Crippen molar-refractivity contribution in [1.29, 1.82) is 0 Å².